The van der Waals surface area contributed by atoms with Crippen LogP contribution in [0.15, 0.2) is 24.4 Å². The highest BCUT2D eigenvalue weighted by molar-refractivity contribution is 5.90. The first-order valence-corrected chi connectivity index (χ1v) is 8.99. The quantitative estimate of drug-likeness (QED) is 0.648. The van der Waals surface area contributed by atoms with Crippen molar-refractivity contribution in [3.05, 3.63) is 30.0 Å². The fraction of sp³-hybridized carbons (Fsp3) is 0.421. The number of benzene rings is 1. The minimum atomic E-state index is -0.986. The fourth-order valence-corrected chi connectivity index (χ4v) is 3.64. The van der Waals surface area contributed by atoms with Crippen molar-refractivity contribution in [1.82, 2.24) is 14.4 Å². The Morgan fingerprint density at radius 3 is 2.50 bits per heavy atom. The zero-order valence-electron chi connectivity index (χ0n) is 15.6. The van der Waals surface area contributed by atoms with Gasteiger partial charge in [0.2, 0.25) is 6.41 Å². The van der Waals surface area contributed by atoms with Crippen LogP contribution in [0.25, 0.3) is 10.9 Å². The molecule has 1 saturated heterocycles. The molecule has 2 N–H and O–H groups in total. The second-order valence-corrected chi connectivity index (χ2v) is 6.72. The van der Waals surface area contributed by atoms with E-state index in [-0.39, 0.29) is 13.0 Å². The van der Waals surface area contributed by atoms with E-state index < -0.39 is 18.0 Å². The van der Waals surface area contributed by atoms with Gasteiger partial charge >= 0.3 is 11.9 Å². The SMILES string of the molecule is COc1ccc2c(c1)c(C(C(=O)O)N1CCN(C=O)CC1)cn2CCC(=O)O. The number of piperazine rings is 1. The van der Waals surface area contributed by atoms with Gasteiger partial charge in [-0.15, -0.1) is 0 Å². The van der Waals surface area contributed by atoms with Crippen LogP contribution >= 0.6 is 0 Å². The highest BCUT2D eigenvalue weighted by Gasteiger charge is 2.32. The average molecular weight is 389 g/mol. The van der Waals surface area contributed by atoms with Crippen LogP contribution in [0.1, 0.15) is 18.0 Å². The molecule has 0 saturated carbocycles. The van der Waals surface area contributed by atoms with Crippen molar-refractivity contribution in [3.8, 4) is 5.75 Å². The fourth-order valence-electron chi connectivity index (χ4n) is 3.64. The molecule has 1 unspecified atom stereocenters. The van der Waals surface area contributed by atoms with Crippen molar-refractivity contribution in [3.63, 3.8) is 0 Å². The first-order chi connectivity index (χ1) is 13.4. The molecule has 9 heteroatoms. The molecular formula is C19H23N3O6. The van der Waals surface area contributed by atoms with E-state index in [1.54, 1.807) is 27.8 Å². The topological polar surface area (TPSA) is 112 Å². The summed E-state index contributed by atoms with van der Waals surface area (Å²) in [7, 11) is 1.54. The summed E-state index contributed by atoms with van der Waals surface area (Å²) in [6, 6.07) is 4.46. The molecule has 9 nitrogen and oxygen atoms in total. The Morgan fingerprint density at radius 1 is 1.21 bits per heavy atom. The minimum Gasteiger partial charge on any atom is -0.497 e. The normalized spacial score (nSPS) is 16.1. The van der Waals surface area contributed by atoms with E-state index in [2.05, 4.69) is 0 Å². The number of carbonyl (C=O) groups excluding carboxylic acids is 1. The third-order valence-electron chi connectivity index (χ3n) is 5.08. The molecule has 2 heterocycles. The predicted octanol–water partition coefficient (Wildman–Crippen LogP) is 1.02. The summed E-state index contributed by atoms with van der Waals surface area (Å²) < 4.78 is 7.06. The van der Waals surface area contributed by atoms with E-state index in [0.29, 0.717) is 37.5 Å². The van der Waals surface area contributed by atoms with E-state index in [9.17, 15) is 19.5 Å². The molecular weight excluding hydrogens is 366 g/mol. The van der Waals surface area contributed by atoms with Gasteiger partial charge in [0.05, 0.1) is 13.5 Å². The average Bonchev–Trinajstić information content (AvgIpc) is 3.04. The molecule has 28 heavy (non-hydrogen) atoms. The lowest BCUT2D eigenvalue weighted by atomic mass is 10.0. The van der Waals surface area contributed by atoms with Crippen molar-refractivity contribution in [2.45, 2.75) is 19.0 Å². The molecule has 1 aliphatic rings. The number of fused-ring (bicyclic) bond motifs is 1. The number of carbonyl (C=O) groups is 3. The number of carboxylic acids is 2. The molecule has 1 fully saturated rings. The van der Waals surface area contributed by atoms with Gasteiger partial charge in [0.1, 0.15) is 11.8 Å². The highest BCUT2D eigenvalue weighted by atomic mass is 16.5. The molecule has 1 aromatic carbocycles. The standard InChI is InChI=1S/C19H23N3O6/c1-28-13-2-3-16-14(10-13)15(11-22(16)5-4-17(24)25)18(19(26)27)21-8-6-20(12-23)7-9-21/h2-3,10-12,18H,4-9H2,1H3,(H,24,25)(H,26,27). The number of aliphatic carboxylic acids is 2. The van der Waals surface area contributed by atoms with Gasteiger partial charge in [-0.1, -0.05) is 0 Å². The predicted molar refractivity (Wildman–Crippen MR) is 100 cm³/mol. The Labute approximate surface area is 161 Å². The Balaban J connectivity index is 2.03. The summed E-state index contributed by atoms with van der Waals surface area (Å²) in [6.07, 6.45) is 2.43. The highest BCUT2D eigenvalue weighted by Crippen LogP contribution is 2.33. The molecule has 0 radical (unpaired) electrons. The van der Waals surface area contributed by atoms with Gasteiger partial charge in [0.25, 0.3) is 0 Å². The minimum absolute atomic E-state index is 0.0645. The number of hydrogen-bond acceptors (Lipinski definition) is 5. The Bertz CT molecular complexity index is 885. The summed E-state index contributed by atoms with van der Waals surface area (Å²) in [5.74, 6) is -1.31. The molecule has 1 amide bonds. The zero-order valence-corrected chi connectivity index (χ0v) is 15.6. The zero-order chi connectivity index (χ0) is 20.3. The van der Waals surface area contributed by atoms with Crippen LogP contribution < -0.4 is 4.74 Å². The van der Waals surface area contributed by atoms with Gasteiger partial charge in [0, 0.05) is 55.4 Å². The number of nitrogens with zero attached hydrogens (tertiary/aromatic N) is 3. The van der Waals surface area contributed by atoms with Gasteiger partial charge in [-0.2, -0.15) is 0 Å². The molecule has 150 valence electrons. The van der Waals surface area contributed by atoms with Crippen LogP contribution in [-0.4, -0.2) is 76.2 Å². The number of amides is 1. The molecule has 1 aromatic heterocycles. The third kappa shape index (κ3) is 3.94. The van der Waals surface area contributed by atoms with Crippen LogP contribution in [0.5, 0.6) is 5.75 Å². The maximum atomic E-state index is 12.2. The van der Waals surface area contributed by atoms with Gasteiger partial charge in [-0.25, -0.2) is 0 Å². The number of rotatable bonds is 8. The molecule has 0 spiro atoms. The monoisotopic (exact) mass is 389 g/mol. The van der Waals surface area contributed by atoms with E-state index in [0.717, 1.165) is 17.3 Å². The van der Waals surface area contributed by atoms with Crippen molar-refractivity contribution in [2.24, 2.45) is 0 Å². The first-order valence-electron chi connectivity index (χ1n) is 8.99. The van der Waals surface area contributed by atoms with E-state index in [1.807, 2.05) is 11.0 Å². The summed E-state index contributed by atoms with van der Waals surface area (Å²) in [6.45, 7) is 2.06. The van der Waals surface area contributed by atoms with Crippen LogP contribution in [0, 0.1) is 0 Å². The van der Waals surface area contributed by atoms with Crippen molar-refractivity contribution < 1.29 is 29.3 Å². The second kappa shape index (κ2) is 8.30. The van der Waals surface area contributed by atoms with Crippen LogP contribution in [0.2, 0.25) is 0 Å². The van der Waals surface area contributed by atoms with Gasteiger partial charge in [0.15, 0.2) is 0 Å². The summed E-state index contributed by atoms with van der Waals surface area (Å²) in [5.41, 5.74) is 1.35. The van der Waals surface area contributed by atoms with Crippen LogP contribution in [0.4, 0.5) is 0 Å². The molecule has 2 aromatic rings. The summed E-state index contributed by atoms with van der Waals surface area (Å²) >= 11 is 0. The number of aryl methyl sites for hydroxylation is 1. The Hall–Kier alpha value is -3.07. The molecule has 0 aliphatic carbocycles. The number of methoxy groups -OCH3 is 1. The maximum Gasteiger partial charge on any atom is 0.325 e. The second-order valence-electron chi connectivity index (χ2n) is 6.72. The van der Waals surface area contributed by atoms with Gasteiger partial charge < -0.3 is 24.4 Å². The Kier molecular flexibility index (Phi) is 5.84. The Morgan fingerprint density at radius 2 is 1.93 bits per heavy atom. The largest absolute Gasteiger partial charge is 0.497 e. The number of carboxylic acid groups (broad SMARTS) is 2. The molecule has 1 aliphatic heterocycles. The van der Waals surface area contributed by atoms with Gasteiger partial charge in [-0.3, -0.25) is 19.3 Å². The lowest BCUT2D eigenvalue weighted by Gasteiger charge is -2.36. The molecule has 3 rings (SSSR count). The lowest BCUT2D eigenvalue weighted by molar-refractivity contribution is -0.144. The number of hydrogen-bond donors (Lipinski definition) is 2. The third-order valence-corrected chi connectivity index (χ3v) is 5.08. The summed E-state index contributed by atoms with van der Waals surface area (Å²) in [5, 5.41) is 19.7. The van der Waals surface area contributed by atoms with Crippen molar-refractivity contribution >= 4 is 29.3 Å². The van der Waals surface area contributed by atoms with E-state index in [4.69, 9.17) is 9.84 Å². The van der Waals surface area contributed by atoms with Gasteiger partial charge in [-0.05, 0) is 18.2 Å². The van der Waals surface area contributed by atoms with Crippen LogP contribution in [-0.2, 0) is 20.9 Å². The van der Waals surface area contributed by atoms with Crippen molar-refractivity contribution in [2.75, 3.05) is 33.3 Å². The number of aromatic nitrogens is 1. The maximum absolute atomic E-state index is 12.2. The van der Waals surface area contributed by atoms with E-state index >= 15 is 0 Å². The summed E-state index contributed by atoms with van der Waals surface area (Å²) in [4.78, 5) is 37.6. The van der Waals surface area contributed by atoms with E-state index in [1.165, 1.54) is 7.11 Å². The molecule has 0 bridgehead atoms. The smallest absolute Gasteiger partial charge is 0.325 e. The first kappa shape index (κ1) is 19.7. The van der Waals surface area contributed by atoms with Crippen LogP contribution in [0.3, 0.4) is 0 Å². The van der Waals surface area contributed by atoms with Crippen molar-refractivity contribution in [1.29, 1.82) is 0 Å². The number of ether oxygens (including phenoxy) is 1. The lowest BCUT2D eigenvalue weighted by Crippen LogP contribution is -2.48. The molecule has 1 atom stereocenters.